The molecule has 0 aliphatic carbocycles. The van der Waals surface area contributed by atoms with Gasteiger partial charge in [0.1, 0.15) is 0 Å². The van der Waals surface area contributed by atoms with Gasteiger partial charge in [-0.3, -0.25) is 9.59 Å². The van der Waals surface area contributed by atoms with Gasteiger partial charge in [-0.1, -0.05) is 0 Å². The molecule has 0 unspecified atom stereocenters. The summed E-state index contributed by atoms with van der Waals surface area (Å²) in [4.78, 5) is 22.1. The van der Waals surface area contributed by atoms with Crippen LogP contribution in [0.2, 0.25) is 0 Å². The Morgan fingerprint density at radius 1 is 1.31 bits per heavy atom. The Bertz CT molecular complexity index is 362. The Morgan fingerprint density at radius 3 is 2.38 bits per heavy atom. The molecule has 0 saturated carbocycles. The minimum absolute atomic E-state index is 0.00491. The molecule has 8 nitrogen and oxygen atoms in total. The lowest BCUT2D eigenvalue weighted by Gasteiger charge is -2.12. The maximum atomic E-state index is 11.2. The fourth-order valence-electron chi connectivity index (χ4n) is 1.03. The zero-order valence-electron chi connectivity index (χ0n) is 8.63. The molecule has 9 heteroatoms. The number of hydrogen-bond acceptors (Lipinski definition) is 6. The molecule has 92 valence electrons. The number of imide groups is 1. The number of carbonyl (C=O) groups is 2. The van der Waals surface area contributed by atoms with Crippen LogP contribution in [-0.4, -0.2) is 45.6 Å². The molecule has 1 aliphatic rings. The van der Waals surface area contributed by atoms with E-state index in [4.69, 9.17) is 0 Å². The predicted molar refractivity (Wildman–Crippen MR) is 51.0 cm³/mol. The monoisotopic (exact) mass is 252 g/mol. The number of methoxy groups -OCH3 is 1. The SMILES string of the molecule is COCCNS(=O)(=O)ON1C(=O)CCC1=O. The third-order valence-electron chi connectivity index (χ3n) is 1.76. The van der Waals surface area contributed by atoms with Crippen molar-refractivity contribution in [2.75, 3.05) is 20.3 Å². The highest BCUT2D eigenvalue weighted by molar-refractivity contribution is 7.84. The molecular formula is C7H12N2O6S. The first-order valence-electron chi connectivity index (χ1n) is 4.50. The van der Waals surface area contributed by atoms with E-state index in [-0.39, 0.29) is 31.1 Å². The molecule has 0 atom stereocenters. The van der Waals surface area contributed by atoms with Crippen molar-refractivity contribution in [3.63, 3.8) is 0 Å². The number of hydrogen-bond donors (Lipinski definition) is 1. The summed E-state index contributed by atoms with van der Waals surface area (Å²) in [6.45, 7) is 0.152. The number of rotatable bonds is 6. The summed E-state index contributed by atoms with van der Waals surface area (Å²) in [6, 6.07) is 0. The molecule has 0 spiro atoms. The van der Waals surface area contributed by atoms with Crippen LogP contribution in [0.15, 0.2) is 0 Å². The van der Waals surface area contributed by atoms with Crippen molar-refractivity contribution in [2.45, 2.75) is 12.8 Å². The summed E-state index contributed by atoms with van der Waals surface area (Å²) in [7, 11) is -2.74. The van der Waals surface area contributed by atoms with Crippen molar-refractivity contribution in [3.8, 4) is 0 Å². The fourth-order valence-corrected chi connectivity index (χ4v) is 1.78. The second-order valence-corrected chi connectivity index (χ2v) is 4.34. The summed E-state index contributed by atoms with van der Waals surface area (Å²) in [5.74, 6) is -1.33. The predicted octanol–water partition coefficient (Wildman–Crippen LogP) is -1.45. The second kappa shape index (κ2) is 5.34. The Labute approximate surface area is 92.7 Å². The molecule has 0 aromatic rings. The van der Waals surface area contributed by atoms with Gasteiger partial charge in [-0.15, -0.1) is 9.35 Å². The third kappa shape index (κ3) is 3.52. The Balaban J connectivity index is 2.52. The molecule has 0 bridgehead atoms. The van der Waals surface area contributed by atoms with Crippen LogP contribution in [0.3, 0.4) is 0 Å². The van der Waals surface area contributed by atoms with Crippen LogP contribution in [0.4, 0.5) is 0 Å². The average Bonchev–Trinajstić information content (AvgIpc) is 2.49. The zero-order chi connectivity index (χ0) is 12.2. The van der Waals surface area contributed by atoms with Gasteiger partial charge in [0.25, 0.3) is 11.8 Å². The topological polar surface area (TPSA) is 102 Å². The van der Waals surface area contributed by atoms with Crippen LogP contribution in [0, 0.1) is 0 Å². The van der Waals surface area contributed by atoms with Crippen molar-refractivity contribution >= 4 is 22.1 Å². The molecule has 2 amide bonds. The number of nitrogens with zero attached hydrogens (tertiary/aromatic N) is 1. The number of carbonyl (C=O) groups excluding carboxylic acids is 2. The van der Waals surface area contributed by atoms with Crippen molar-refractivity contribution in [1.29, 1.82) is 0 Å². The lowest BCUT2D eigenvalue weighted by molar-refractivity contribution is -0.163. The number of hydroxylamine groups is 2. The Kier molecular flexibility index (Phi) is 4.35. The fraction of sp³-hybridized carbons (Fsp3) is 0.714. The summed E-state index contributed by atoms with van der Waals surface area (Å²) >= 11 is 0. The molecule has 16 heavy (non-hydrogen) atoms. The molecule has 1 aliphatic heterocycles. The van der Waals surface area contributed by atoms with E-state index in [1.165, 1.54) is 7.11 Å². The van der Waals surface area contributed by atoms with E-state index < -0.39 is 22.1 Å². The van der Waals surface area contributed by atoms with Crippen molar-refractivity contribution in [2.24, 2.45) is 0 Å². The van der Waals surface area contributed by atoms with Crippen LogP contribution >= 0.6 is 0 Å². The largest absolute Gasteiger partial charge is 0.383 e. The van der Waals surface area contributed by atoms with Gasteiger partial charge in [0.2, 0.25) is 0 Å². The van der Waals surface area contributed by atoms with Gasteiger partial charge < -0.3 is 4.74 Å². The van der Waals surface area contributed by atoms with Gasteiger partial charge in [0, 0.05) is 26.5 Å². The third-order valence-corrected chi connectivity index (χ3v) is 2.67. The molecule has 0 aromatic carbocycles. The molecular weight excluding hydrogens is 240 g/mol. The lowest BCUT2D eigenvalue weighted by Crippen LogP contribution is -2.38. The molecule has 1 rings (SSSR count). The quantitative estimate of drug-likeness (QED) is 0.458. The summed E-state index contributed by atoms with van der Waals surface area (Å²) < 4.78 is 33.4. The van der Waals surface area contributed by atoms with Gasteiger partial charge in [-0.05, 0) is 0 Å². The average molecular weight is 252 g/mol. The first-order chi connectivity index (χ1) is 7.46. The zero-order valence-corrected chi connectivity index (χ0v) is 9.45. The van der Waals surface area contributed by atoms with Gasteiger partial charge in [0.05, 0.1) is 6.61 Å². The molecule has 1 heterocycles. The molecule has 0 aromatic heterocycles. The summed E-state index contributed by atoms with van der Waals surface area (Å²) in [5.41, 5.74) is 0. The van der Waals surface area contributed by atoms with E-state index in [1.807, 2.05) is 4.72 Å². The van der Waals surface area contributed by atoms with E-state index in [1.54, 1.807) is 0 Å². The van der Waals surface area contributed by atoms with E-state index in [9.17, 15) is 18.0 Å². The van der Waals surface area contributed by atoms with Crippen LogP contribution in [0.1, 0.15) is 12.8 Å². The molecule has 1 N–H and O–H groups in total. The van der Waals surface area contributed by atoms with Gasteiger partial charge in [-0.2, -0.15) is 13.1 Å². The van der Waals surface area contributed by atoms with Crippen LogP contribution in [-0.2, 0) is 28.9 Å². The number of ether oxygens (including phenoxy) is 1. The maximum Gasteiger partial charge on any atom is 0.357 e. The van der Waals surface area contributed by atoms with Crippen LogP contribution in [0.5, 0.6) is 0 Å². The molecule has 1 fully saturated rings. The molecule has 1 saturated heterocycles. The highest BCUT2D eigenvalue weighted by atomic mass is 32.2. The number of amides is 2. The van der Waals surface area contributed by atoms with Crippen molar-refractivity contribution < 1.29 is 27.0 Å². The minimum atomic E-state index is -4.15. The van der Waals surface area contributed by atoms with Gasteiger partial charge in [-0.25, -0.2) is 0 Å². The van der Waals surface area contributed by atoms with Gasteiger partial charge >= 0.3 is 10.3 Å². The molecule has 0 radical (unpaired) electrons. The van der Waals surface area contributed by atoms with E-state index >= 15 is 0 Å². The van der Waals surface area contributed by atoms with Crippen molar-refractivity contribution in [1.82, 2.24) is 9.79 Å². The Morgan fingerprint density at radius 2 is 1.88 bits per heavy atom. The number of nitrogens with one attached hydrogen (secondary N) is 1. The standard InChI is InChI=1S/C7H12N2O6S/c1-14-5-4-8-16(12,13)15-9-6(10)2-3-7(9)11/h8H,2-5H2,1H3. The summed E-state index contributed by atoms with van der Waals surface area (Å²) in [6.07, 6.45) is -0.0706. The van der Waals surface area contributed by atoms with Crippen molar-refractivity contribution in [3.05, 3.63) is 0 Å². The lowest BCUT2D eigenvalue weighted by atomic mass is 10.4. The minimum Gasteiger partial charge on any atom is -0.383 e. The highest BCUT2D eigenvalue weighted by Gasteiger charge is 2.34. The first-order valence-corrected chi connectivity index (χ1v) is 5.91. The first kappa shape index (κ1) is 13.0. The van der Waals surface area contributed by atoms with E-state index in [2.05, 4.69) is 9.02 Å². The second-order valence-electron chi connectivity index (χ2n) is 3.00. The normalized spacial score (nSPS) is 17.2. The smallest absolute Gasteiger partial charge is 0.357 e. The van der Waals surface area contributed by atoms with E-state index in [0.717, 1.165) is 0 Å². The summed E-state index contributed by atoms with van der Waals surface area (Å²) in [5, 5.41) is 0.259. The van der Waals surface area contributed by atoms with Crippen LogP contribution in [0.25, 0.3) is 0 Å². The van der Waals surface area contributed by atoms with Gasteiger partial charge in [0.15, 0.2) is 0 Å². The van der Waals surface area contributed by atoms with Crippen LogP contribution < -0.4 is 4.72 Å². The van der Waals surface area contributed by atoms with E-state index in [0.29, 0.717) is 0 Å². The Hall–Kier alpha value is -1.03. The highest BCUT2D eigenvalue weighted by Crippen LogP contribution is 2.13. The maximum absolute atomic E-state index is 11.2.